The maximum atomic E-state index is 13.6. The van der Waals surface area contributed by atoms with Crippen LogP contribution >= 0.6 is 0 Å². The molecule has 5 nitrogen and oxygen atoms in total. The Bertz CT molecular complexity index is 667. The minimum atomic E-state index is -3.95. The summed E-state index contributed by atoms with van der Waals surface area (Å²) >= 11 is 0. The second kappa shape index (κ2) is 8.07. The van der Waals surface area contributed by atoms with E-state index in [1.165, 1.54) is 4.31 Å². The van der Waals surface area contributed by atoms with E-state index < -0.39 is 21.7 Å². The summed E-state index contributed by atoms with van der Waals surface area (Å²) < 4.78 is 54.7. The Labute approximate surface area is 148 Å². The molecule has 0 aromatic heterocycles. The molecule has 0 bridgehead atoms. The SMILES string of the molecule is O=S(=O)(c1cc(F)cc(F)c1)N(CCN1CCCC1)C1CCCNC1. The lowest BCUT2D eigenvalue weighted by Gasteiger charge is -2.34. The number of likely N-dealkylation sites (tertiary alicyclic amines) is 1. The predicted octanol–water partition coefficient (Wildman–Crippen LogP) is 1.80. The molecule has 1 aromatic carbocycles. The van der Waals surface area contributed by atoms with Crippen LogP contribution < -0.4 is 5.32 Å². The van der Waals surface area contributed by atoms with Crippen LogP contribution in [0.25, 0.3) is 0 Å². The molecule has 3 rings (SSSR count). The van der Waals surface area contributed by atoms with Gasteiger partial charge < -0.3 is 10.2 Å². The number of nitrogens with zero attached hydrogens (tertiary/aromatic N) is 2. The van der Waals surface area contributed by atoms with Crippen molar-refractivity contribution in [1.82, 2.24) is 14.5 Å². The van der Waals surface area contributed by atoms with Crippen molar-refractivity contribution in [1.29, 1.82) is 0 Å². The first-order chi connectivity index (χ1) is 12.0. The average Bonchev–Trinajstić information content (AvgIpc) is 3.08. The predicted molar refractivity (Wildman–Crippen MR) is 91.8 cm³/mol. The molecule has 0 amide bonds. The van der Waals surface area contributed by atoms with E-state index in [-0.39, 0.29) is 10.9 Å². The van der Waals surface area contributed by atoms with E-state index in [4.69, 9.17) is 0 Å². The number of hydrogen-bond donors (Lipinski definition) is 1. The Morgan fingerprint density at radius 1 is 1.12 bits per heavy atom. The first-order valence-electron chi connectivity index (χ1n) is 8.88. The Balaban J connectivity index is 1.84. The monoisotopic (exact) mass is 373 g/mol. The molecule has 1 aromatic rings. The lowest BCUT2D eigenvalue weighted by molar-refractivity contribution is 0.231. The number of halogens is 2. The highest BCUT2D eigenvalue weighted by atomic mass is 32.2. The Kier molecular flexibility index (Phi) is 6.04. The van der Waals surface area contributed by atoms with E-state index in [0.29, 0.717) is 25.7 Å². The van der Waals surface area contributed by atoms with Gasteiger partial charge in [0.2, 0.25) is 10.0 Å². The molecule has 0 saturated carbocycles. The van der Waals surface area contributed by atoms with Gasteiger partial charge in [-0.05, 0) is 57.5 Å². The van der Waals surface area contributed by atoms with Crippen LogP contribution in [0, 0.1) is 11.6 Å². The Morgan fingerprint density at radius 2 is 1.80 bits per heavy atom. The number of piperidine rings is 1. The Hall–Kier alpha value is -1.09. The van der Waals surface area contributed by atoms with E-state index >= 15 is 0 Å². The first kappa shape index (κ1) is 18.7. The van der Waals surface area contributed by atoms with Crippen LogP contribution in [0.4, 0.5) is 8.78 Å². The van der Waals surface area contributed by atoms with Crippen LogP contribution in [0.1, 0.15) is 25.7 Å². The van der Waals surface area contributed by atoms with Crippen molar-refractivity contribution in [2.45, 2.75) is 36.6 Å². The topological polar surface area (TPSA) is 52.7 Å². The molecule has 2 saturated heterocycles. The lowest BCUT2D eigenvalue weighted by Crippen LogP contribution is -2.50. The van der Waals surface area contributed by atoms with Crippen LogP contribution in [0.2, 0.25) is 0 Å². The van der Waals surface area contributed by atoms with Crippen LogP contribution in [0.15, 0.2) is 23.1 Å². The van der Waals surface area contributed by atoms with E-state index in [1.54, 1.807) is 0 Å². The fraction of sp³-hybridized carbons (Fsp3) is 0.647. The first-order valence-corrected chi connectivity index (χ1v) is 10.3. The molecule has 1 atom stereocenters. The van der Waals surface area contributed by atoms with Crippen molar-refractivity contribution in [3.63, 3.8) is 0 Å². The quantitative estimate of drug-likeness (QED) is 0.826. The minimum Gasteiger partial charge on any atom is -0.315 e. The maximum absolute atomic E-state index is 13.6. The molecule has 1 unspecified atom stereocenters. The fourth-order valence-corrected chi connectivity index (χ4v) is 5.33. The van der Waals surface area contributed by atoms with Gasteiger partial charge in [0.05, 0.1) is 4.90 Å². The Morgan fingerprint density at radius 3 is 2.40 bits per heavy atom. The number of benzene rings is 1. The smallest absolute Gasteiger partial charge is 0.243 e. The molecule has 2 aliphatic heterocycles. The van der Waals surface area contributed by atoms with Crippen LogP contribution in [0.5, 0.6) is 0 Å². The largest absolute Gasteiger partial charge is 0.315 e. The lowest BCUT2D eigenvalue weighted by atomic mass is 10.1. The standard InChI is InChI=1S/C17H25F2N3O2S/c18-14-10-15(19)12-17(11-14)25(23,24)22(16-4-3-5-20-13-16)9-8-21-6-1-2-7-21/h10-12,16,20H,1-9,13H2. The van der Waals surface area contributed by atoms with E-state index in [0.717, 1.165) is 57.5 Å². The van der Waals surface area contributed by atoms with Gasteiger partial charge in [0, 0.05) is 31.7 Å². The van der Waals surface area contributed by atoms with Gasteiger partial charge in [0.1, 0.15) is 11.6 Å². The molecule has 1 N–H and O–H groups in total. The highest BCUT2D eigenvalue weighted by molar-refractivity contribution is 7.89. The zero-order valence-electron chi connectivity index (χ0n) is 14.3. The summed E-state index contributed by atoms with van der Waals surface area (Å²) in [6.45, 7) is 4.37. The summed E-state index contributed by atoms with van der Waals surface area (Å²) in [5, 5.41) is 3.22. The molecular formula is C17H25F2N3O2S. The van der Waals surface area contributed by atoms with Crippen molar-refractivity contribution in [2.75, 3.05) is 39.3 Å². The maximum Gasteiger partial charge on any atom is 0.243 e. The minimum absolute atomic E-state index is 0.187. The van der Waals surface area contributed by atoms with Gasteiger partial charge in [-0.1, -0.05) is 0 Å². The van der Waals surface area contributed by atoms with Crippen LogP contribution in [-0.2, 0) is 10.0 Å². The molecule has 2 aliphatic rings. The molecule has 8 heteroatoms. The van der Waals surface area contributed by atoms with Crippen LogP contribution in [-0.4, -0.2) is 62.9 Å². The third-order valence-electron chi connectivity index (χ3n) is 4.96. The molecular weight excluding hydrogens is 348 g/mol. The molecule has 25 heavy (non-hydrogen) atoms. The van der Waals surface area contributed by atoms with Gasteiger partial charge in [-0.3, -0.25) is 0 Å². The normalized spacial score (nSPS) is 22.6. The fourth-order valence-electron chi connectivity index (χ4n) is 3.64. The summed E-state index contributed by atoms with van der Waals surface area (Å²) in [6.07, 6.45) is 3.90. The van der Waals surface area contributed by atoms with Crippen molar-refractivity contribution < 1.29 is 17.2 Å². The second-order valence-corrected chi connectivity index (χ2v) is 8.66. The molecule has 2 heterocycles. The highest BCUT2D eigenvalue weighted by Gasteiger charge is 2.33. The zero-order valence-corrected chi connectivity index (χ0v) is 15.1. The average molecular weight is 373 g/mol. The van der Waals surface area contributed by atoms with E-state index in [1.807, 2.05) is 0 Å². The van der Waals surface area contributed by atoms with Gasteiger partial charge in [-0.25, -0.2) is 17.2 Å². The van der Waals surface area contributed by atoms with Crippen molar-refractivity contribution in [3.8, 4) is 0 Å². The number of hydrogen-bond acceptors (Lipinski definition) is 4. The van der Waals surface area contributed by atoms with Gasteiger partial charge in [-0.15, -0.1) is 0 Å². The number of sulfonamides is 1. The van der Waals surface area contributed by atoms with E-state index in [9.17, 15) is 17.2 Å². The van der Waals surface area contributed by atoms with Crippen LogP contribution in [0.3, 0.4) is 0 Å². The highest BCUT2D eigenvalue weighted by Crippen LogP contribution is 2.23. The molecule has 0 radical (unpaired) electrons. The van der Waals surface area contributed by atoms with E-state index in [2.05, 4.69) is 10.2 Å². The number of nitrogens with one attached hydrogen (secondary N) is 1. The summed E-state index contributed by atoms with van der Waals surface area (Å²) in [6, 6.07) is 2.30. The summed E-state index contributed by atoms with van der Waals surface area (Å²) in [5.41, 5.74) is 0. The third kappa shape index (κ3) is 4.55. The third-order valence-corrected chi connectivity index (χ3v) is 6.89. The van der Waals surface area contributed by atoms with Gasteiger partial charge >= 0.3 is 0 Å². The van der Waals surface area contributed by atoms with Gasteiger partial charge in [0.15, 0.2) is 0 Å². The summed E-state index contributed by atoms with van der Waals surface area (Å²) in [5.74, 6) is -1.75. The van der Waals surface area contributed by atoms with Crippen molar-refractivity contribution in [3.05, 3.63) is 29.8 Å². The number of rotatable bonds is 6. The molecule has 0 spiro atoms. The molecule has 140 valence electrons. The molecule has 0 aliphatic carbocycles. The van der Waals surface area contributed by atoms with Crippen molar-refractivity contribution >= 4 is 10.0 Å². The zero-order chi connectivity index (χ0) is 17.9. The summed E-state index contributed by atoms with van der Waals surface area (Å²) in [4.78, 5) is 1.93. The van der Waals surface area contributed by atoms with Gasteiger partial charge in [0.25, 0.3) is 0 Å². The molecule has 2 fully saturated rings. The summed E-state index contributed by atoms with van der Waals surface area (Å²) in [7, 11) is -3.95. The van der Waals surface area contributed by atoms with Crippen molar-refractivity contribution in [2.24, 2.45) is 0 Å². The van der Waals surface area contributed by atoms with Gasteiger partial charge in [-0.2, -0.15) is 4.31 Å². The second-order valence-electron chi connectivity index (χ2n) is 6.77.